The SMILES string of the molecule is CC[C@@H](C)CN(CC(=O)N(Cc1ccc(F)cc1)Cc1ccc(C)s1)C(=O)CCc1ccccc1. The van der Waals surface area contributed by atoms with Crippen LogP contribution in [0.4, 0.5) is 4.39 Å². The van der Waals surface area contributed by atoms with Gasteiger partial charge in [-0.15, -0.1) is 11.3 Å². The number of amides is 2. The predicted molar refractivity (Wildman–Crippen MR) is 141 cm³/mol. The summed E-state index contributed by atoms with van der Waals surface area (Å²) < 4.78 is 13.4. The van der Waals surface area contributed by atoms with Gasteiger partial charge in [-0.3, -0.25) is 9.59 Å². The molecule has 2 aromatic carbocycles. The molecular formula is C29H35FN2O2S. The first-order valence-corrected chi connectivity index (χ1v) is 13.0. The van der Waals surface area contributed by atoms with Crippen molar-refractivity contribution in [1.82, 2.24) is 9.80 Å². The number of nitrogens with zero attached hydrogens (tertiary/aromatic N) is 2. The van der Waals surface area contributed by atoms with Crippen LogP contribution >= 0.6 is 11.3 Å². The van der Waals surface area contributed by atoms with Gasteiger partial charge in [-0.2, -0.15) is 0 Å². The average molecular weight is 495 g/mol. The fourth-order valence-corrected chi connectivity index (χ4v) is 4.78. The summed E-state index contributed by atoms with van der Waals surface area (Å²) >= 11 is 1.66. The van der Waals surface area contributed by atoms with E-state index in [4.69, 9.17) is 0 Å². The number of carbonyl (C=O) groups excluding carboxylic acids is 2. The van der Waals surface area contributed by atoms with Crippen LogP contribution in [-0.2, 0) is 29.1 Å². The lowest BCUT2D eigenvalue weighted by Gasteiger charge is -2.29. The van der Waals surface area contributed by atoms with Crippen molar-refractivity contribution in [2.45, 2.75) is 53.1 Å². The summed E-state index contributed by atoms with van der Waals surface area (Å²) in [6, 6.07) is 20.3. The third-order valence-corrected chi connectivity index (χ3v) is 7.15. The summed E-state index contributed by atoms with van der Waals surface area (Å²) in [4.78, 5) is 32.5. The lowest BCUT2D eigenvalue weighted by atomic mass is 10.1. The highest BCUT2D eigenvalue weighted by Crippen LogP contribution is 2.20. The van der Waals surface area contributed by atoms with Crippen LogP contribution in [0.5, 0.6) is 0 Å². The quantitative estimate of drug-likeness (QED) is 0.299. The minimum Gasteiger partial charge on any atom is -0.333 e. The molecule has 0 aliphatic carbocycles. The maximum absolute atomic E-state index is 13.5. The van der Waals surface area contributed by atoms with Gasteiger partial charge in [-0.1, -0.05) is 62.7 Å². The number of halogens is 1. The van der Waals surface area contributed by atoms with Crippen molar-refractivity contribution >= 4 is 23.2 Å². The van der Waals surface area contributed by atoms with E-state index in [1.807, 2.05) is 49.4 Å². The maximum Gasteiger partial charge on any atom is 0.242 e. The van der Waals surface area contributed by atoms with Crippen molar-refractivity contribution in [1.29, 1.82) is 0 Å². The van der Waals surface area contributed by atoms with Crippen molar-refractivity contribution in [3.8, 4) is 0 Å². The predicted octanol–water partition coefficient (Wildman–Crippen LogP) is 6.23. The number of thiophene rings is 1. The zero-order valence-corrected chi connectivity index (χ0v) is 21.7. The minimum absolute atomic E-state index is 0.00352. The molecule has 0 saturated carbocycles. The van der Waals surface area contributed by atoms with E-state index in [1.54, 1.807) is 33.3 Å². The van der Waals surface area contributed by atoms with Gasteiger partial charge >= 0.3 is 0 Å². The maximum atomic E-state index is 13.5. The van der Waals surface area contributed by atoms with Gasteiger partial charge in [0.05, 0.1) is 13.1 Å². The molecule has 0 fully saturated rings. The molecule has 0 bridgehead atoms. The lowest BCUT2D eigenvalue weighted by molar-refractivity contribution is -0.141. The van der Waals surface area contributed by atoms with Crippen LogP contribution in [0, 0.1) is 18.7 Å². The zero-order valence-electron chi connectivity index (χ0n) is 20.9. The van der Waals surface area contributed by atoms with Gasteiger partial charge in [0.1, 0.15) is 5.82 Å². The number of hydrogen-bond donors (Lipinski definition) is 0. The van der Waals surface area contributed by atoms with Crippen LogP contribution in [0.1, 0.15) is 47.6 Å². The number of aryl methyl sites for hydroxylation is 2. The van der Waals surface area contributed by atoms with E-state index in [0.717, 1.165) is 22.4 Å². The van der Waals surface area contributed by atoms with Gasteiger partial charge < -0.3 is 9.80 Å². The van der Waals surface area contributed by atoms with Crippen LogP contribution in [0.25, 0.3) is 0 Å². The summed E-state index contributed by atoms with van der Waals surface area (Å²) in [6.07, 6.45) is 1.96. The first kappa shape index (κ1) is 26.6. The topological polar surface area (TPSA) is 40.6 Å². The van der Waals surface area contributed by atoms with E-state index in [2.05, 4.69) is 13.8 Å². The summed E-state index contributed by atoms with van der Waals surface area (Å²) in [5, 5.41) is 0. The molecule has 3 rings (SSSR count). The highest BCUT2D eigenvalue weighted by molar-refractivity contribution is 7.11. The molecular weight excluding hydrogens is 459 g/mol. The average Bonchev–Trinajstić information content (AvgIpc) is 3.27. The van der Waals surface area contributed by atoms with Gasteiger partial charge in [0.2, 0.25) is 11.8 Å². The van der Waals surface area contributed by atoms with E-state index in [0.29, 0.717) is 38.4 Å². The van der Waals surface area contributed by atoms with Gasteiger partial charge in [-0.05, 0) is 54.7 Å². The Morgan fingerprint density at radius 2 is 1.60 bits per heavy atom. The van der Waals surface area contributed by atoms with E-state index in [1.165, 1.54) is 17.0 Å². The van der Waals surface area contributed by atoms with E-state index in [9.17, 15) is 14.0 Å². The third-order valence-electron chi connectivity index (χ3n) is 6.16. The van der Waals surface area contributed by atoms with Crippen molar-refractivity contribution in [3.63, 3.8) is 0 Å². The lowest BCUT2D eigenvalue weighted by Crippen LogP contribution is -2.44. The van der Waals surface area contributed by atoms with Crippen molar-refractivity contribution in [3.05, 3.63) is 93.4 Å². The second kappa shape index (κ2) is 13.2. The van der Waals surface area contributed by atoms with Crippen LogP contribution in [0.15, 0.2) is 66.7 Å². The molecule has 0 N–H and O–H groups in total. The number of benzene rings is 2. The molecule has 6 heteroatoms. The number of rotatable bonds is 12. The molecule has 35 heavy (non-hydrogen) atoms. The molecule has 2 amide bonds. The normalized spacial score (nSPS) is 11.8. The third kappa shape index (κ3) is 8.62. The van der Waals surface area contributed by atoms with Crippen molar-refractivity contribution < 1.29 is 14.0 Å². The monoisotopic (exact) mass is 494 g/mol. The van der Waals surface area contributed by atoms with E-state index < -0.39 is 0 Å². The Labute approximate surface area is 212 Å². The highest BCUT2D eigenvalue weighted by Gasteiger charge is 2.23. The summed E-state index contributed by atoms with van der Waals surface area (Å²) in [5.41, 5.74) is 1.97. The standard InChI is InChI=1S/C29H35FN2O2S/c1-4-22(2)18-31(28(33)17-13-24-8-6-5-7-9-24)21-29(34)32(20-27-16-10-23(3)35-27)19-25-11-14-26(30)15-12-25/h5-12,14-16,22H,4,13,17-21H2,1-3H3/t22-/m1/s1. The molecule has 0 aliphatic rings. The van der Waals surface area contributed by atoms with Crippen molar-refractivity contribution in [2.75, 3.05) is 13.1 Å². The number of carbonyl (C=O) groups is 2. The fourth-order valence-electron chi connectivity index (χ4n) is 3.88. The zero-order chi connectivity index (χ0) is 25.2. The summed E-state index contributed by atoms with van der Waals surface area (Å²) in [6.45, 7) is 7.67. The second-order valence-electron chi connectivity index (χ2n) is 9.16. The molecule has 186 valence electrons. The second-order valence-corrected chi connectivity index (χ2v) is 10.5. The molecule has 1 aromatic heterocycles. The Kier molecular flexibility index (Phi) is 10.0. The fraction of sp³-hybridized carbons (Fsp3) is 0.379. The largest absolute Gasteiger partial charge is 0.333 e. The molecule has 1 heterocycles. The summed E-state index contributed by atoms with van der Waals surface area (Å²) in [7, 11) is 0. The van der Waals surface area contributed by atoms with Crippen LogP contribution < -0.4 is 0 Å². The van der Waals surface area contributed by atoms with Crippen LogP contribution in [0.2, 0.25) is 0 Å². The molecule has 0 spiro atoms. The Morgan fingerprint density at radius 3 is 2.23 bits per heavy atom. The van der Waals surface area contributed by atoms with Crippen LogP contribution in [0.3, 0.4) is 0 Å². The molecule has 3 aromatic rings. The van der Waals surface area contributed by atoms with Gasteiger partial charge in [0.25, 0.3) is 0 Å². The Balaban J connectivity index is 1.74. The minimum atomic E-state index is -0.302. The number of hydrogen-bond acceptors (Lipinski definition) is 3. The highest BCUT2D eigenvalue weighted by atomic mass is 32.1. The summed E-state index contributed by atoms with van der Waals surface area (Å²) in [5.74, 6) is -0.105. The molecule has 0 aliphatic heterocycles. The molecule has 4 nitrogen and oxygen atoms in total. The van der Waals surface area contributed by atoms with Gasteiger partial charge in [-0.25, -0.2) is 4.39 Å². The van der Waals surface area contributed by atoms with Crippen molar-refractivity contribution in [2.24, 2.45) is 5.92 Å². The molecule has 0 radical (unpaired) electrons. The van der Waals surface area contributed by atoms with Gasteiger partial charge in [0.15, 0.2) is 0 Å². The molecule has 0 unspecified atom stereocenters. The first-order valence-electron chi connectivity index (χ1n) is 12.2. The van der Waals surface area contributed by atoms with Gasteiger partial charge in [0, 0.05) is 29.3 Å². The Hall–Kier alpha value is -2.99. The molecule has 1 atom stereocenters. The van der Waals surface area contributed by atoms with E-state index >= 15 is 0 Å². The Morgan fingerprint density at radius 1 is 0.886 bits per heavy atom. The first-order chi connectivity index (χ1) is 16.8. The Bertz CT molecular complexity index is 1080. The smallest absolute Gasteiger partial charge is 0.242 e. The molecule has 0 saturated heterocycles. The van der Waals surface area contributed by atoms with Crippen LogP contribution in [-0.4, -0.2) is 34.7 Å². The van der Waals surface area contributed by atoms with E-state index in [-0.39, 0.29) is 24.2 Å².